The summed E-state index contributed by atoms with van der Waals surface area (Å²) in [4.78, 5) is 26.6. The van der Waals surface area contributed by atoms with Gasteiger partial charge in [0.1, 0.15) is 11.6 Å². The number of piperidine rings is 1. The minimum absolute atomic E-state index is 0.0738. The third-order valence-electron chi connectivity index (χ3n) is 5.88. The molecule has 154 valence electrons. The largest absolute Gasteiger partial charge is 0.357 e. The van der Waals surface area contributed by atoms with Gasteiger partial charge < -0.3 is 15.1 Å². The molecule has 2 aromatic heterocycles. The summed E-state index contributed by atoms with van der Waals surface area (Å²) in [6, 6.07) is 7.85. The summed E-state index contributed by atoms with van der Waals surface area (Å²) in [6.45, 7) is 4.59. The first-order valence-corrected chi connectivity index (χ1v) is 11.0. The Morgan fingerprint density at radius 2 is 1.55 bits per heavy atom. The Morgan fingerprint density at radius 1 is 0.862 bits per heavy atom. The molecule has 1 amide bonds. The van der Waals surface area contributed by atoms with E-state index in [0.29, 0.717) is 12.1 Å². The maximum absolute atomic E-state index is 12.8. The van der Waals surface area contributed by atoms with Gasteiger partial charge in [0, 0.05) is 45.1 Å². The van der Waals surface area contributed by atoms with E-state index >= 15 is 0 Å². The van der Waals surface area contributed by atoms with Crippen LogP contribution in [0.1, 0.15) is 60.9 Å². The molecule has 4 heterocycles. The van der Waals surface area contributed by atoms with Crippen LogP contribution < -0.4 is 15.1 Å². The summed E-state index contributed by atoms with van der Waals surface area (Å²) >= 11 is 0. The summed E-state index contributed by atoms with van der Waals surface area (Å²) in [5, 5.41) is 3.04. The van der Waals surface area contributed by atoms with Crippen molar-refractivity contribution in [1.82, 2.24) is 15.3 Å². The minimum Gasteiger partial charge on any atom is -0.357 e. The maximum Gasteiger partial charge on any atom is 0.255 e. The molecule has 2 fully saturated rings. The van der Waals surface area contributed by atoms with Crippen LogP contribution in [-0.4, -0.2) is 42.1 Å². The molecule has 0 atom stereocenters. The van der Waals surface area contributed by atoms with Crippen LogP contribution in [0, 0.1) is 0 Å². The molecular weight excluding hydrogens is 362 g/mol. The Hall–Kier alpha value is -2.63. The van der Waals surface area contributed by atoms with Crippen molar-refractivity contribution in [2.45, 2.75) is 51.5 Å². The standard InChI is InChI=1S/C23H31N5O/c29-23(20-9-8-12-24-22(20)28-15-6-3-7-16-28)26-18-19-10-11-21(25-17-19)27-13-4-1-2-5-14-27/h8-12,17H,1-7,13-16,18H2,(H,26,29). The fraction of sp³-hybridized carbons (Fsp3) is 0.522. The van der Waals surface area contributed by atoms with Crippen LogP contribution in [-0.2, 0) is 6.54 Å². The highest BCUT2D eigenvalue weighted by Gasteiger charge is 2.19. The molecule has 2 saturated heterocycles. The molecule has 0 unspecified atom stereocenters. The van der Waals surface area contributed by atoms with E-state index in [1.807, 2.05) is 18.3 Å². The number of hydrogen-bond acceptors (Lipinski definition) is 5. The SMILES string of the molecule is O=C(NCc1ccc(N2CCCCCC2)nc1)c1cccnc1N1CCCCC1. The predicted molar refractivity (Wildman–Crippen MR) is 116 cm³/mol. The lowest BCUT2D eigenvalue weighted by atomic mass is 10.1. The summed E-state index contributed by atoms with van der Waals surface area (Å²) in [6.07, 6.45) is 12.3. The molecule has 0 aromatic carbocycles. The normalized spacial score (nSPS) is 17.7. The van der Waals surface area contributed by atoms with Crippen LogP contribution in [0.15, 0.2) is 36.7 Å². The number of hydrogen-bond donors (Lipinski definition) is 1. The van der Waals surface area contributed by atoms with Gasteiger partial charge >= 0.3 is 0 Å². The molecule has 0 radical (unpaired) electrons. The quantitative estimate of drug-likeness (QED) is 0.838. The lowest BCUT2D eigenvalue weighted by Crippen LogP contribution is -2.33. The van der Waals surface area contributed by atoms with E-state index in [0.717, 1.165) is 56.2 Å². The zero-order valence-electron chi connectivity index (χ0n) is 17.1. The summed E-state index contributed by atoms with van der Waals surface area (Å²) in [7, 11) is 0. The molecular formula is C23H31N5O. The van der Waals surface area contributed by atoms with E-state index in [1.54, 1.807) is 6.20 Å². The minimum atomic E-state index is -0.0738. The molecule has 2 aliphatic rings. The molecule has 6 heteroatoms. The Morgan fingerprint density at radius 3 is 2.24 bits per heavy atom. The molecule has 0 spiro atoms. The molecule has 1 N–H and O–H groups in total. The zero-order valence-corrected chi connectivity index (χ0v) is 17.1. The summed E-state index contributed by atoms with van der Waals surface area (Å²) in [5.74, 6) is 1.77. The molecule has 2 aliphatic heterocycles. The molecule has 4 rings (SSSR count). The van der Waals surface area contributed by atoms with Crippen LogP contribution in [0.5, 0.6) is 0 Å². The third-order valence-corrected chi connectivity index (χ3v) is 5.88. The van der Waals surface area contributed by atoms with E-state index < -0.39 is 0 Å². The van der Waals surface area contributed by atoms with E-state index in [1.165, 1.54) is 32.1 Å². The first-order chi connectivity index (χ1) is 14.3. The van der Waals surface area contributed by atoms with Crippen LogP contribution in [0.3, 0.4) is 0 Å². The second-order valence-electron chi connectivity index (χ2n) is 8.03. The van der Waals surface area contributed by atoms with Crippen LogP contribution in [0.2, 0.25) is 0 Å². The van der Waals surface area contributed by atoms with E-state index in [4.69, 9.17) is 0 Å². The second-order valence-corrected chi connectivity index (χ2v) is 8.03. The number of pyridine rings is 2. The molecule has 0 aliphatic carbocycles. The Balaban J connectivity index is 1.37. The van der Waals surface area contributed by atoms with Crippen LogP contribution >= 0.6 is 0 Å². The molecule has 6 nitrogen and oxygen atoms in total. The highest BCUT2D eigenvalue weighted by Crippen LogP contribution is 2.22. The topological polar surface area (TPSA) is 61.4 Å². The van der Waals surface area contributed by atoms with E-state index in [-0.39, 0.29) is 5.91 Å². The van der Waals surface area contributed by atoms with Crippen molar-refractivity contribution >= 4 is 17.5 Å². The van der Waals surface area contributed by atoms with Gasteiger partial charge in [-0.3, -0.25) is 4.79 Å². The van der Waals surface area contributed by atoms with Crippen molar-refractivity contribution in [3.63, 3.8) is 0 Å². The number of nitrogens with zero attached hydrogens (tertiary/aromatic N) is 4. The van der Waals surface area contributed by atoms with Gasteiger partial charge in [-0.1, -0.05) is 18.9 Å². The van der Waals surface area contributed by atoms with Gasteiger partial charge in [-0.2, -0.15) is 0 Å². The molecule has 0 bridgehead atoms. The van der Waals surface area contributed by atoms with Crippen molar-refractivity contribution in [2.75, 3.05) is 36.0 Å². The molecule has 2 aromatic rings. The molecule has 0 saturated carbocycles. The lowest BCUT2D eigenvalue weighted by molar-refractivity contribution is 0.0951. The van der Waals surface area contributed by atoms with Gasteiger partial charge in [-0.25, -0.2) is 9.97 Å². The Labute approximate surface area is 173 Å². The zero-order chi connectivity index (χ0) is 19.9. The van der Waals surface area contributed by atoms with Crippen molar-refractivity contribution in [3.05, 3.63) is 47.8 Å². The average molecular weight is 394 g/mol. The number of anilines is 2. The third kappa shape index (κ3) is 5.05. The lowest BCUT2D eigenvalue weighted by Gasteiger charge is -2.29. The van der Waals surface area contributed by atoms with Gasteiger partial charge in [0.05, 0.1) is 5.56 Å². The fourth-order valence-corrected chi connectivity index (χ4v) is 4.22. The Kier molecular flexibility index (Phi) is 6.60. The van der Waals surface area contributed by atoms with Crippen molar-refractivity contribution in [3.8, 4) is 0 Å². The number of carbonyl (C=O) groups is 1. The highest BCUT2D eigenvalue weighted by atomic mass is 16.1. The van der Waals surface area contributed by atoms with Gasteiger partial charge in [0.2, 0.25) is 0 Å². The second kappa shape index (κ2) is 9.72. The Bertz CT molecular complexity index is 793. The van der Waals surface area contributed by atoms with E-state index in [2.05, 4.69) is 37.2 Å². The predicted octanol–water partition coefficient (Wildman–Crippen LogP) is 3.78. The first-order valence-electron chi connectivity index (χ1n) is 11.0. The van der Waals surface area contributed by atoms with Crippen molar-refractivity contribution in [2.24, 2.45) is 0 Å². The highest BCUT2D eigenvalue weighted by molar-refractivity contribution is 5.98. The number of aromatic nitrogens is 2. The van der Waals surface area contributed by atoms with Gasteiger partial charge in [0.25, 0.3) is 5.91 Å². The van der Waals surface area contributed by atoms with Gasteiger partial charge in [-0.15, -0.1) is 0 Å². The maximum atomic E-state index is 12.8. The number of amides is 1. The van der Waals surface area contributed by atoms with Crippen molar-refractivity contribution < 1.29 is 4.79 Å². The number of rotatable bonds is 5. The first kappa shape index (κ1) is 19.7. The van der Waals surface area contributed by atoms with Crippen LogP contribution in [0.25, 0.3) is 0 Å². The van der Waals surface area contributed by atoms with Crippen LogP contribution in [0.4, 0.5) is 11.6 Å². The summed E-state index contributed by atoms with van der Waals surface area (Å²) < 4.78 is 0. The number of carbonyl (C=O) groups excluding carboxylic acids is 1. The fourth-order valence-electron chi connectivity index (χ4n) is 4.22. The van der Waals surface area contributed by atoms with E-state index in [9.17, 15) is 4.79 Å². The van der Waals surface area contributed by atoms with Gasteiger partial charge in [0.15, 0.2) is 0 Å². The number of nitrogens with one attached hydrogen (secondary N) is 1. The smallest absolute Gasteiger partial charge is 0.255 e. The monoisotopic (exact) mass is 393 g/mol. The van der Waals surface area contributed by atoms with Crippen molar-refractivity contribution in [1.29, 1.82) is 0 Å². The average Bonchev–Trinajstić information content (AvgIpc) is 3.08. The molecule has 29 heavy (non-hydrogen) atoms. The summed E-state index contributed by atoms with van der Waals surface area (Å²) in [5.41, 5.74) is 1.67. The van der Waals surface area contributed by atoms with Gasteiger partial charge in [-0.05, 0) is 55.9 Å².